The molecule has 0 saturated carbocycles. The van der Waals surface area contributed by atoms with Crippen molar-refractivity contribution in [1.82, 2.24) is 4.98 Å². The van der Waals surface area contributed by atoms with E-state index in [9.17, 15) is 9.59 Å². The molecule has 1 aromatic rings. The van der Waals surface area contributed by atoms with E-state index in [1.54, 1.807) is 0 Å². The normalized spacial score (nSPS) is 15.1. The molecule has 1 N–H and O–H groups in total. The van der Waals surface area contributed by atoms with E-state index in [0.717, 1.165) is 45.1 Å². The summed E-state index contributed by atoms with van der Waals surface area (Å²) in [6.45, 7) is 12.5. The van der Waals surface area contributed by atoms with E-state index >= 15 is 0 Å². The van der Waals surface area contributed by atoms with Crippen LogP contribution in [0.1, 0.15) is 69.5 Å². The predicted molar refractivity (Wildman–Crippen MR) is 115 cm³/mol. The van der Waals surface area contributed by atoms with Gasteiger partial charge in [-0.15, -0.1) is 0 Å². The van der Waals surface area contributed by atoms with Gasteiger partial charge in [-0.3, -0.25) is 14.6 Å². The average Bonchev–Trinajstić information content (AvgIpc) is 3.07. The monoisotopic (exact) mass is 400 g/mol. The number of aliphatic imine (C=N–C) groups is 1. The van der Waals surface area contributed by atoms with Gasteiger partial charge in [-0.1, -0.05) is 0 Å². The van der Waals surface area contributed by atoms with E-state index in [1.165, 1.54) is 0 Å². The van der Waals surface area contributed by atoms with E-state index in [2.05, 4.69) is 11.9 Å². The summed E-state index contributed by atoms with van der Waals surface area (Å²) >= 11 is 0. The van der Waals surface area contributed by atoms with E-state index in [0.29, 0.717) is 38.9 Å². The zero-order chi connectivity index (χ0) is 21.6. The van der Waals surface area contributed by atoms with Crippen LogP contribution in [0.4, 0.5) is 0 Å². The molecule has 0 aromatic carbocycles. The number of hydrogen-bond acceptors (Lipinski definition) is 5. The molecule has 158 valence electrons. The highest BCUT2D eigenvalue weighted by atomic mass is 16.5. The third kappa shape index (κ3) is 5.68. The zero-order valence-corrected chi connectivity index (χ0v) is 18.4. The minimum atomic E-state index is -0.180. The molecule has 0 unspecified atom stereocenters. The topological polar surface area (TPSA) is 80.8 Å². The number of carbonyl (C=O) groups is 2. The lowest BCUT2D eigenvalue weighted by atomic mass is 10.0. The Hall–Kier alpha value is -2.63. The molecule has 1 aliphatic rings. The Morgan fingerprint density at radius 2 is 1.55 bits per heavy atom. The van der Waals surface area contributed by atoms with Crippen molar-refractivity contribution in [3.8, 4) is 0 Å². The Labute approximate surface area is 173 Å². The predicted octanol–water partition coefficient (Wildman–Crippen LogP) is 4.60. The lowest BCUT2D eigenvalue weighted by Crippen LogP contribution is -2.06. The van der Waals surface area contributed by atoms with Gasteiger partial charge in [0.15, 0.2) is 0 Å². The number of allylic oxidation sites excluding steroid dienone is 2. The number of aromatic nitrogens is 1. The number of esters is 2. The molecule has 2 heterocycles. The van der Waals surface area contributed by atoms with Gasteiger partial charge in [-0.05, 0) is 82.7 Å². The van der Waals surface area contributed by atoms with Gasteiger partial charge in [0.25, 0.3) is 0 Å². The van der Waals surface area contributed by atoms with Gasteiger partial charge in [0, 0.05) is 29.9 Å². The maximum atomic E-state index is 11.7. The number of rotatable bonds is 9. The molecule has 2 rings (SSSR count). The van der Waals surface area contributed by atoms with Gasteiger partial charge < -0.3 is 14.5 Å². The summed E-state index contributed by atoms with van der Waals surface area (Å²) in [5.41, 5.74) is 8.37. The quantitative estimate of drug-likeness (QED) is 0.614. The smallest absolute Gasteiger partial charge is 0.306 e. The Bertz CT molecular complexity index is 872. The first kappa shape index (κ1) is 22.7. The Kier molecular flexibility index (Phi) is 8.00. The number of carbonyl (C=O) groups excluding carboxylic acids is 2. The van der Waals surface area contributed by atoms with Crippen LogP contribution in [0.5, 0.6) is 0 Å². The van der Waals surface area contributed by atoms with Crippen LogP contribution >= 0.6 is 0 Å². The zero-order valence-electron chi connectivity index (χ0n) is 18.4. The van der Waals surface area contributed by atoms with Crippen molar-refractivity contribution < 1.29 is 19.1 Å². The fourth-order valence-electron chi connectivity index (χ4n) is 3.66. The standard InChI is InChI=1S/C23H32N2O4/c1-7-28-22(26)11-9-18-14(3)20(24-16(18)5)13-21-15(4)19(17(6)25-21)10-12-23(27)29-8-2/h13,24H,7-12H2,1-6H3/b21-13+. The van der Waals surface area contributed by atoms with E-state index < -0.39 is 0 Å². The SMILES string of the molecule is CCOC(=O)CCC1=C(C)/C(=C\c2[nH]c(C)c(CCC(=O)OCC)c2C)N=C1C. The molecule has 0 aliphatic carbocycles. The lowest BCUT2D eigenvalue weighted by Gasteiger charge is -2.05. The van der Waals surface area contributed by atoms with Crippen molar-refractivity contribution in [1.29, 1.82) is 0 Å². The summed E-state index contributed by atoms with van der Waals surface area (Å²) < 4.78 is 10.1. The van der Waals surface area contributed by atoms with Crippen molar-refractivity contribution in [3.05, 3.63) is 39.4 Å². The van der Waals surface area contributed by atoms with E-state index in [4.69, 9.17) is 14.5 Å². The van der Waals surface area contributed by atoms with Crippen LogP contribution in [0.2, 0.25) is 0 Å². The molecule has 6 nitrogen and oxygen atoms in total. The molecule has 0 atom stereocenters. The van der Waals surface area contributed by atoms with Crippen molar-refractivity contribution in [2.45, 2.75) is 67.2 Å². The first-order valence-electron chi connectivity index (χ1n) is 10.2. The van der Waals surface area contributed by atoms with Crippen LogP contribution in [0.3, 0.4) is 0 Å². The third-order valence-electron chi connectivity index (χ3n) is 5.24. The molecule has 0 saturated heterocycles. The van der Waals surface area contributed by atoms with E-state index in [-0.39, 0.29) is 11.9 Å². The molecule has 1 aliphatic heterocycles. The summed E-state index contributed by atoms with van der Waals surface area (Å²) in [6.07, 6.45) is 4.06. The van der Waals surface area contributed by atoms with Crippen LogP contribution in [-0.4, -0.2) is 35.8 Å². The van der Waals surface area contributed by atoms with E-state index in [1.807, 2.05) is 40.7 Å². The van der Waals surface area contributed by atoms with Crippen LogP contribution in [0.15, 0.2) is 21.8 Å². The van der Waals surface area contributed by atoms with Gasteiger partial charge in [0.1, 0.15) is 0 Å². The number of nitrogens with one attached hydrogen (secondary N) is 1. The maximum absolute atomic E-state index is 11.7. The summed E-state index contributed by atoms with van der Waals surface area (Å²) in [7, 11) is 0. The second-order valence-electron chi connectivity index (χ2n) is 7.21. The van der Waals surface area contributed by atoms with Crippen molar-refractivity contribution in [2.24, 2.45) is 4.99 Å². The Morgan fingerprint density at radius 3 is 2.14 bits per heavy atom. The van der Waals surface area contributed by atoms with Crippen LogP contribution in [0, 0.1) is 13.8 Å². The Balaban J connectivity index is 2.18. The summed E-state index contributed by atoms with van der Waals surface area (Å²) in [4.78, 5) is 31.5. The van der Waals surface area contributed by atoms with Gasteiger partial charge in [-0.2, -0.15) is 0 Å². The maximum Gasteiger partial charge on any atom is 0.306 e. The highest BCUT2D eigenvalue weighted by Crippen LogP contribution is 2.31. The Morgan fingerprint density at radius 1 is 0.966 bits per heavy atom. The fraction of sp³-hybridized carbons (Fsp3) is 0.522. The summed E-state index contributed by atoms with van der Waals surface area (Å²) in [6, 6.07) is 0. The fourth-order valence-corrected chi connectivity index (χ4v) is 3.66. The summed E-state index contributed by atoms with van der Waals surface area (Å²) in [5.74, 6) is -0.353. The van der Waals surface area contributed by atoms with Crippen molar-refractivity contribution >= 4 is 23.7 Å². The first-order valence-corrected chi connectivity index (χ1v) is 10.2. The van der Waals surface area contributed by atoms with Crippen LogP contribution in [-0.2, 0) is 25.5 Å². The second-order valence-corrected chi connectivity index (χ2v) is 7.21. The molecule has 0 fully saturated rings. The van der Waals surface area contributed by atoms with Gasteiger partial charge in [-0.25, -0.2) is 0 Å². The molecule has 1 aromatic heterocycles. The molecule has 0 bridgehead atoms. The number of aromatic amines is 1. The average molecular weight is 401 g/mol. The first-order chi connectivity index (χ1) is 13.8. The largest absolute Gasteiger partial charge is 0.466 e. The second kappa shape index (κ2) is 10.2. The lowest BCUT2D eigenvalue weighted by molar-refractivity contribution is -0.144. The number of hydrogen-bond donors (Lipinski definition) is 1. The number of aryl methyl sites for hydroxylation is 1. The van der Waals surface area contributed by atoms with Crippen LogP contribution in [0.25, 0.3) is 6.08 Å². The third-order valence-corrected chi connectivity index (χ3v) is 5.24. The van der Waals surface area contributed by atoms with Crippen LogP contribution < -0.4 is 0 Å². The highest BCUT2D eigenvalue weighted by Gasteiger charge is 2.20. The number of nitrogens with zero attached hydrogens (tertiary/aromatic N) is 1. The van der Waals surface area contributed by atoms with Gasteiger partial charge >= 0.3 is 11.9 Å². The molecule has 0 radical (unpaired) electrons. The molecular weight excluding hydrogens is 368 g/mol. The number of H-pyrrole nitrogens is 1. The van der Waals surface area contributed by atoms with Gasteiger partial charge in [0.2, 0.25) is 0 Å². The highest BCUT2D eigenvalue weighted by molar-refractivity contribution is 6.04. The van der Waals surface area contributed by atoms with Crippen molar-refractivity contribution in [3.63, 3.8) is 0 Å². The van der Waals surface area contributed by atoms with Gasteiger partial charge in [0.05, 0.1) is 18.9 Å². The molecular formula is C23H32N2O4. The summed E-state index contributed by atoms with van der Waals surface area (Å²) in [5, 5.41) is 0. The molecule has 0 amide bonds. The molecule has 29 heavy (non-hydrogen) atoms. The van der Waals surface area contributed by atoms with Crippen molar-refractivity contribution in [2.75, 3.05) is 13.2 Å². The molecule has 0 spiro atoms. The molecule has 6 heteroatoms. The number of ether oxygens (including phenoxy) is 2. The minimum Gasteiger partial charge on any atom is -0.466 e. The minimum absolute atomic E-state index is 0.173.